The van der Waals surface area contributed by atoms with Gasteiger partial charge in [-0.05, 0) is 54.3 Å². The van der Waals surface area contributed by atoms with E-state index in [1.165, 1.54) is 6.92 Å². The molecule has 0 unspecified atom stereocenters. The normalized spacial score (nSPS) is 12.0. The predicted octanol–water partition coefficient (Wildman–Crippen LogP) is 4.04. The van der Waals surface area contributed by atoms with Crippen LogP contribution in [-0.4, -0.2) is 18.0 Å². The fraction of sp³-hybridized carbons (Fsp3) is 0.286. The SMILES string of the molecule is C[C@H](OC(=O)c1ccc(C(C)(C)C)cc1)C(=O)Nc1ccc(C#N)cc1. The van der Waals surface area contributed by atoms with Crippen LogP contribution in [0.2, 0.25) is 0 Å². The number of nitrogens with one attached hydrogen (secondary N) is 1. The number of hydrogen-bond acceptors (Lipinski definition) is 4. The van der Waals surface area contributed by atoms with Crippen LogP contribution in [0, 0.1) is 11.3 Å². The number of rotatable bonds is 4. The van der Waals surface area contributed by atoms with Crippen molar-refractivity contribution in [3.8, 4) is 6.07 Å². The first kappa shape index (κ1) is 19.2. The Labute approximate surface area is 153 Å². The molecule has 2 aromatic rings. The Hall–Kier alpha value is -3.13. The summed E-state index contributed by atoms with van der Waals surface area (Å²) >= 11 is 0. The minimum atomic E-state index is -0.944. The van der Waals surface area contributed by atoms with Gasteiger partial charge in [0.2, 0.25) is 0 Å². The third-order valence-electron chi connectivity index (χ3n) is 3.92. The van der Waals surface area contributed by atoms with Gasteiger partial charge in [0.05, 0.1) is 17.2 Å². The number of nitriles is 1. The van der Waals surface area contributed by atoms with E-state index in [1.807, 2.05) is 18.2 Å². The van der Waals surface area contributed by atoms with Crippen LogP contribution in [0.3, 0.4) is 0 Å². The summed E-state index contributed by atoms with van der Waals surface area (Å²) < 4.78 is 5.24. The van der Waals surface area contributed by atoms with Crippen molar-refractivity contribution in [2.45, 2.75) is 39.2 Å². The van der Waals surface area contributed by atoms with E-state index in [2.05, 4.69) is 26.1 Å². The second-order valence-electron chi connectivity index (χ2n) is 7.05. The minimum Gasteiger partial charge on any atom is -0.449 e. The zero-order chi connectivity index (χ0) is 19.3. The standard InChI is InChI=1S/C21H22N2O3/c1-14(19(24)23-18-11-5-15(13-22)6-12-18)26-20(25)16-7-9-17(10-8-16)21(2,3)4/h5-12,14H,1-4H3,(H,23,24)/t14-/m0/s1. The van der Waals surface area contributed by atoms with E-state index in [4.69, 9.17) is 10.00 Å². The van der Waals surface area contributed by atoms with Gasteiger partial charge in [0.1, 0.15) is 0 Å². The van der Waals surface area contributed by atoms with Crippen LogP contribution in [0.15, 0.2) is 48.5 Å². The second kappa shape index (κ2) is 7.83. The number of carbonyl (C=O) groups is 2. The van der Waals surface area contributed by atoms with Crippen molar-refractivity contribution in [1.29, 1.82) is 5.26 Å². The topological polar surface area (TPSA) is 79.2 Å². The van der Waals surface area contributed by atoms with Gasteiger partial charge in [0.15, 0.2) is 6.10 Å². The van der Waals surface area contributed by atoms with Crippen LogP contribution in [0.4, 0.5) is 5.69 Å². The molecule has 0 aliphatic carbocycles. The Morgan fingerprint density at radius 2 is 1.62 bits per heavy atom. The van der Waals surface area contributed by atoms with Gasteiger partial charge in [-0.2, -0.15) is 5.26 Å². The van der Waals surface area contributed by atoms with Crippen LogP contribution >= 0.6 is 0 Å². The maximum atomic E-state index is 12.2. The Balaban J connectivity index is 1.97. The van der Waals surface area contributed by atoms with Crippen molar-refractivity contribution in [2.24, 2.45) is 0 Å². The van der Waals surface area contributed by atoms with Gasteiger partial charge in [0, 0.05) is 5.69 Å². The van der Waals surface area contributed by atoms with Crippen LogP contribution in [0.1, 0.15) is 49.2 Å². The van der Waals surface area contributed by atoms with Crippen molar-refractivity contribution in [3.05, 3.63) is 65.2 Å². The van der Waals surface area contributed by atoms with Gasteiger partial charge in [0.25, 0.3) is 5.91 Å². The van der Waals surface area contributed by atoms with Gasteiger partial charge >= 0.3 is 5.97 Å². The molecule has 0 saturated heterocycles. The van der Waals surface area contributed by atoms with E-state index < -0.39 is 18.0 Å². The summed E-state index contributed by atoms with van der Waals surface area (Å²) in [6.07, 6.45) is -0.944. The summed E-state index contributed by atoms with van der Waals surface area (Å²) in [5.41, 5.74) is 2.54. The largest absolute Gasteiger partial charge is 0.449 e. The van der Waals surface area contributed by atoms with Crippen molar-refractivity contribution in [2.75, 3.05) is 5.32 Å². The molecule has 0 aliphatic heterocycles. The Morgan fingerprint density at radius 3 is 2.12 bits per heavy atom. The predicted molar refractivity (Wildman–Crippen MR) is 99.8 cm³/mol. The fourth-order valence-electron chi connectivity index (χ4n) is 2.26. The summed E-state index contributed by atoms with van der Waals surface area (Å²) in [6.45, 7) is 7.79. The molecule has 1 N–H and O–H groups in total. The van der Waals surface area contributed by atoms with Crippen molar-refractivity contribution in [1.82, 2.24) is 0 Å². The highest BCUT2D eigenvalue weighted by atomic mass is 16.5. The lowest BCUT2D eigenvalue weighted by Crippen LogP contribution is -2.30. The van der Waals surface area contributed by atoms with E-state index in [-0.39, 0.29) is 5.41 Å². The average molecular weight is 350 g/mol. The third-order valence-corrected chi connectivity index (χ3v) is 3.92. The van der Waals surface area contributed by atoms with E-state index in [0.29, 0.717) is 16.8 Å². The van der Waals surface area contributed by atoms with Crippen molar-refractivity contribution < 1.29 is 14.3 Å². The first-order chi connectivity index (χ1) is 12.2. The maximum absolute atomic E-state index is 12.2. The molecule has 0 saturated carbocycles. The van der Waals surface area contributed by atoms with Gasteiger partial charge < -0.3 is 10.1 Å². The van der Waals surface area contributed by atoms with Gasteiger partial charge in [-0.15, -0.1) is 0 Å². The van der Waals surface area contributed by atoms with Crippen LogP contribution in [-0.2, 0) is 14.9 Å². The summed E-state index contributed by atoms with van der Waals surface area (Å²) in [7, 11) is 0. The monoisotopic (exact) mass is 350 g/mol. The summed E-state index contributed by atoms with van der Waals surface area (Å²) in [6, 6.07) is 15.6. The van der Waals surface area contributed by atoms with Gasteiger partial charge in [-0.3, -0.25) is 4.79 Å². The molecule has 0 heterocycles. The number of amides is 1. The Kier molecular flexibility index (Phi) is 5.78. The first-order valence-electron chi connectivity index (χ1n) is 8.33. The van der Waals surface area contributed by atoms with E-state index in [0.717, 1.165) is 5.56 Å². The van der Waals surface area contributed by atoms with Crippen molar-refractivity contribution in [3.63, 3.8) is 0 Å². The highest BCUT2D eigenvalue weighted by Gasteiger charge is 2.20. The Morgan fingerprint density at radius 1 is 1.04 bits per heavy atom. The molecule has 134 valence electrons. The zero-order valence-electron chi connectivity index (χ0n) is 15.4. The highest BCUT2D eigenvalue weighted by molar-refractivity contribution is 5.97. The average Bonchev–Trinajstić information content (AvgIpc) is 2.61. The first-order valence-corrected chi connectivity index (χ1v) is 8.33. The number of carbonyl (C=O) groups excluding carboxylic acids is 2. The Bertz CT molecular complexity index is 826. The summed E-state index contributed by atoms with van der Waals surface area (Å²) in [5.74, 6) is -0.984. The van der Waals surface area contributed by atoms with Crippen molar-refractivity contribution >= 4 is 17.6 Å². The molecule has 2 aromatic carbocycles. The number of hydrogen-bond donors (Lipinski definition) is 1. The number of nitrogens with zero attached hydrogens (tertiary/aromatic N) is 1. The molecule has 1 atom stereocenters. The molecule has 0 aliphatic rings. The van der Waals surface area contributed by atoms with Crippen LogP contribution in [0.5, 0.6) is 0 Å². The molecule has 0 bridgehead atoms. The molecule has 26 heavy (non-hydrogen) atoms. The van der Waals surface area contributed by atoms with Gasteiger partial charge in [-0.25, -0.2) is 4.79 Å². The molecular weight excluding hydrogens is 328 g/mol. The molecular formula is C21H22N2O3. The number of esters is 1. The van der Waals surface area contributed by atoms with Crippen LogP contribution in [0.25, 0.3) is 0 Å². The van der Waals surface area contributed by atoms with Gasteiger partial charge in [-0.1, -0.05) is 32.9 Å². The molecule has 0 spiro atoms. The molecule has 2 rings (SSSR count). The van der Waals surface area contributed by atoms with E-state index in [1.54, 1.807) is 36.4 Å². The maximum Gasteiger partial charge on any atom is 0.338 e. The minimum absolute atomic E-state index is 0.00327. The molecule has 0 radical (unpaired) electrons. The smallest absolute Gasteiger partial charge is 0.338 e. The molecule has 1 amide bonds. The highest BCUT2D eigenvalue weighted by Crippen LogP contribution is 2.22. The number of benzene rings is 2. The molecule has 0 fully saturated rings. The lowest BCUT2D eigenvalue weighted by atomic mass is 9.87. The van der Waals surface area contributed by atoms with E-state index >= 15 is 0 Å². The molecule has 0 aromatic heterocycles. The third kappa shape index (κ3) is 4.93. The summed E-state index contributed by atoms with van der Waals surface area (Å²) in [4.78, 5) is 24.4. The number of anilines is 1. The van der Waals surface area contributed by atoms with E-state index in [9.17, 15) is 9.59 Å². The van der Waals surface area contributed by atoms with Crippen LogP contribution < -0.4 is 5.32 Å². The lowest BCUT2D eigenvalue weighted by Gasteiger charge is -2.19. The summed E-state index contributed by atoms with van der Waals surface area (Å²) in [5, 5.41) is 11.4. The molecule has 5 heteroatoms. The number of ether oxygens (including phenoxy) is 1. The molecule has 5 nitrogen and oxygen atoms in total. The lowest BCUT2D eigenvalue weighted by molar-refractivity contribution is -0.123. The quantitative estimate of drug-likeness (QED) is 0.844. The fourth-order valence-corrected chi connectivity index (χ4v) is 2.26. The second-order valence-corrected chi connectivity index (χ2v) is 7.05. The zero-order valence-corrected chi connectivity index (χ0v) is 15.4.